The maximum absolute atomic E-state index is 3.64. The summed E-state index contributed by atoms with van der Waals surface area (Å²) in [6, 6.07) is 0. The first-order valence-corrected chi connectivity index (χ1v) is 7.98. The van der Waals surface area contributed by atoms with Gasteiger partial charge in [-0.2, -0.15) is 0 Å². The summed E-state index contributed by atoms with van der Waals surface area (Å²) in [6.45, 7) is 11.2. The molecule has 2 aliphatic rings. The molecule has 0 amide bonds. The largest absolute Gasteiger partial charge is 0.316 e. The average Bonchev–Trinajstić information content (AvgIpc) is 2.42. The van der Waals surface area contributed by atoms with Gasteiger partial charge in [0.1, 0.15) is 0 Å². The van der Waals surface area contributed by atoms with Crippen LogP contribution in [-0.2, 0) is 0 Å². The standard InChI is InChI=1S/C15H31N3/c1-14-5-10-18(11-6-14)9-3-8-17-13-15-4-2-7-16-12-15/h14-17H,2-13H2,1H3. The highest BCUT2D eigenvalue weighted by Crippen LogP contribution is 2.15. The second kappa shape index (κ2) is 8.13. The van der Waals surface area contributed by atoms with Gasteiger partial charge in [-0.3, -0.25) is 0 Å². The van der Waals surface area contributed by atoms with Crippen molar-refractivity contribution in [1.29, 1.82) is 0 Å². The van der Waals surface area contributed by atoms with Gasteiger partial charge in [0.05, 0.1) is 0 Å². The van der Waals surface area contributed by atoms with Crippen LogP contribution in [0.3, 0.4) is 0 Å². The van der Waals surface area contributed by atoms with Gasteiger partial charge >= 0.3 is 0 Å². The summed E-state index contributed by atoms with van der Waals surface area (Å²) in [7, 11) is 0. The third kappa shape index (κ3) is 5.25. The molecule has 2 fully saturated rings. The molecule has 18 heavy (non-hydrogen) atoms. The molecule has 1 unspecified atom stereocenters. The van der Waals surface area contributed by atoms with Gasteiger partial charge in [-0.1, -0.05) is 6.92 Å². The summed E-state index contributed by atoms with van der Waals surface area (Å²) in [5.74, 6) is 1.83. The zero-order valence-electron chi connectivity index (χ0n) is 12.1. The summed E-state index contributed by atoms with van der Waals surface area (Å²) in [5, 5.41) is 7.12. The Bertz CT molecular complexity index is 206. The lowest BCUT2D eigenvalue weighted by Gasteiger charge is -2.30. The van der Waals surface area contributed by atoms with Crippen molar-refractivity contribution >= 4 is 0 Å². The van der Waals surface area contributed by atoms with Crippen molar-refractivity contribution in [3.05, 3.63) is 0 Å². The fraction of sp³-hybridized carbons (Fsp3) is 1.00. The van der Waals surface area contributed by atoms with Crippen molar-refractivity contribution in [2.75, 3.05) is 45.8 Å². The summed E-state index contributed by atoms with van der Waals surface area (Å²) < 4.78 is 0. The molecule has 3 heteroatoms. The van der Waals surface area contributed by atoms with Crippen molar-refractivity contribution in [3.8, 4) is 0 Å². The van der Waals surface area contributed by atoms with E-state index in [-0.39, 0.29) is 0 Å². The van der Waals surface area contributed by atoms with Crippen LogP contribution in [0.4, 0.5) is 0 Å². The smallest absolute Gasteiger partial charge is 0.000664 e. The van der Waals surface area contributed by atoms with Crippen molar-refractivity contribution < 1.29 is 0 Å². The van der Waals surface area contributed by atoms with E-state index in [1.807, 2.05) is 0 Å². The van der Waals surface area contributed by atoms with E-state index in [1.165, 1.54) is 77.9 Å². The van der Waals surface area contributed by atoms with Crippen LogP contribution in [-0.4, -0.2) is 50.7 Å². The second-order valence-corrected chi connectivity index (χ2v) is 6.29. The van der Waals surface area contributed by atoms with Crippen molar-refractivity contribution in [3.63, 3.8) is 0 Å². The highest BCUT2D eigenvalue weighted by atomic mass is 15.1. The third-order valence-corrected chi connectivity index (χ3v) is 4.54. The lowest BCUT2D eigenvalue weighted by atomic mass is 9.99. The number of rotatable bonds is 6. The first kappa shape index (κ1) is 14.3. The molecule has 0 aromatic carbocycles. The molecular weight excluding hydrogens is 222 g/mol. The zero-order valence-corrected chi connectivity index (χ0v) is 12.1. The van der Waals surface area contributed by atoms with Gasteiger partial charge in [0.25, 0.3) is 0 Å². The molecule has 2 saturated heterocycles. The van der Waals surface area contributed by atoms with Crippen LogP contribution in [0.25, 0.3) is 0 Å². The molecule has 1 atom stereocenters. The molecule has 2 rings (SSSR count). The Labute approximate surface area is 113 Å². The molecular formula is C15H31N3. The molecule has 0 aliphatic carbocycles. The minimum Gasteiger partial charge on any atom is -0.316 e. The second-order valence-electron chi connectivity index (χ2n) is 6.29. The number of nitrogens with one attached hydrogen (secondary N) is 2. The predicted octanol–water partition coefficient (Wildman–Crippen LogP) is 1.70. The van der Waals surface area contributed by atoms with Crippen molar-refractivity contribution in [2.24, 2.45) is 11.8 Å². The van der Waals surface area contributed by atoms with E-state index < -0.39 is 0 Å². The van der Waals surface area contributed by atoms with Gasteiger partial charge in [-0.25, -0.2) is 0 Å². The number of hydrogen-bond acceptors (Lipinski definition) is 3. The van der Waals surface area contributed by atoms with Crippen molar-refractivity contribution in [2.45, 2.75) is 39.0 Å². The molecule has 0 spiro atoms. The highest BCUT2D eigenvalue weighted by Gasteiger charge is 2.15. The Morgan fingerprint density at radius 3 is 2.78 bits per heavy atom. The van der Waals surface area contributed by atoms with Crippen LogP contribution in [0.5, 0.6) is 0 Å². The maximum Gasteiger partial charge on any atom is -0.000664 e. The zero-order chi connectivity index (χ0) is 12.6. The Balaban J connectivity index is 1.43. The predicted molar refractivity (Wildman–Crippen MR) is 77.9 cm³/mol. The van der Waals surface area contributed by atoms with Crippen LogP contribution in [0.2, 0.25) is 0 Å². The molecule has 0 aromatic heterocycles. The van der Waals surface area contributed by atoms with Crippen LogP contribution in [0.15, 0.2) is 0 Å². The molecule has 0 bridgehead atoms. The molecule has 2 N–H and O–H groups in total. The van der Waals surface area contributed by atoms with Crippen LogP contribution >= 0.6 is 0 Å². The Hall–Kier alpha value is -0.120. The third-order valence-electron chi connectivity index (χ3n) is 4.54. The quantitative estimate of drug-likeness (QED) is 0.706. The van der Waals surface area contributed by atoms with Gasteiger partial charge in [0.2, 0.25) is 0 Å². The number of hydrogen-bond donors (Lipinski definition) is 2. The molecule has 0 radical (unpaired) electrons. The van der Waals surface area contributed by atoms with Crippen LogP contribution in [0.1, 0.15) is 39.0 Å². The monoisotopic (exact) mass is 253 g/mol. The SMILES string of the molecule is CC1CCN(CCCNCC2CCCNC2)CC1. The normalized spacial score (nSPS) is 27.5. The van der Waals surface area contributed by atoms with E-state index >= 15 is 0 Å². The fourth-order valence-corrected chi connectivity index (χ4v) is 3.12. The van der Waals surface area contributed by atoms with Crippen LogP contribution < -0.4 is 10.6 Å². The molecule has 2 heterocycles. The number of likely N-dealkylation sites (tertiary alicyclic amines) is 1. The summed E-state index contributed by atoms with van der Waals surface area (Å²) in [5.41, 5.74) is 0. The van der Waals surface area contributed by atoms with E-state index in [0.29, 0.717) is 0 Å². The molecule has 2 aliphatic heterocycles. The van der Waals surface area contributed by atoms with E-state index in [9.17, 15) is 0 Å². The van der Waals surface area contributed by atoms with E-state index in [2.05, 4.69) is 22.5 Å². The maximum atomic E-state index is 3.64. The summed E-state index contributed by atoms with van der Waals surface area (Å²) in [4.78, 5) is 2.64. The first-order chi connectivity index (χ1) is 8.84. The van der Waals surface area contributed by atoms with E-state index in [1.54, 1.807) is 0 Å². The molecule has 0 saturated carbocycles. The van der Waals surface area contributed by atoms with Crippen LogP contribution in [0, 0.1) is 11.8 Å². The summed E-state index contributed by atoms with van der Waals surface area (Å²) >= 11 is 0. The molecule has 0 aromatic rings. The van der Waals surface area contributed by atoms with Gasteiger partial charge in [0.15, 0.2) is 0 Å². The Morgan fingerprint density at radius 1 is 1.22 bits per heavy atom. The highest BCUT2D eigenvalue weighted by molar-refractivity contribution is 4.72. The van der Waals surface area contributed by atoms with Gasteiger partial charge < -0.3 is 15.5 Å². The minimum absolute atomic E-state index is 0.870. The number of nitrogens with zero attached hydrogens (tertiary/aromatic N) is 1. The Morgan fingerprint density at radius 2 is 2.06 bits per heavy atom. The number of piperidine rings is 2. The topological polar surface area (TPSA) is 27.3 Å². The lowest BCUT2D eigenvalue weighted by Crippen LogP contribution is -2.37. The molecule has 3 nitrogen and oxygen atoms in total. The van der Waals surface area contributed by atoms with Gasteiger partial charge in [0, 0.05) is 0 Å². The van der Waals surface area contributed by atoms with Crippen molar-refractivity contribution in [1.82, 2.24) is 15.5 Å². The Kier molecular flexibility index (Phi) is 6.46. The summed E-state index contributed by atoms with van der Waals surface area (Å²) in [6.07, 6.45) is 6.89. The van der Waals surface area contributed by atoms with Gasteiger partial charge in [-0.05, 0) is 89.8 Å². The lowest BCUT2D eigenvalue weighted by molar-refractivity contribution is 0.190. The minimum atomic E-state index is 0.870. The van der Waals surface area contributed by atoms with E-state index in [4.69, 9.17) is 0 Å². The average molecular weight is 253 g/mol. The van der Waals surface area contributed by atoms with Gasteiger partial charge in [-0.15, -0.1) is 0 Å². The van der Waals surface area contributed by atoms with E-state index in [0.717, 1.165) is 11.8 Å². The fourth-order valence-electron chi connectivity index (χ4n) is 3.12. The molecule has 106 valence electrons. The first-order valence-electron chi connectivity index (χ1n) is 7.98.